The van der Waals surface area contributed by atoms with Crippen molar-refractivity contribution in [2.45, 2.75) is 5.22 Å². The Hall–Kier alpha value is -0.350. The van der Waals surface area contributed by atoms with Crippen LogP contribution in [0.2, 0.25) is 0 Å². The maximum absolute atomic E-state index is 4.98. The molecule has 4 heteroatoms. The lowest BCUT2D eigenvalue weighted by atomic mass is 10.8. The van der Waals surface area contributed by atoms with Crippen molar-refractivity contribution in [1.29, 1.82) is 0 Å². The topological polar surface area (TPSA) is 26.0 Å². The molecule has 0 aliphatic heterocycles. The summed E-state index contributed by atoms with van der Waals surface area (Å²) in [7, 11) is 3.17. The molecule has 1 aromatic rings. The first-order valence-corrected chi connectivity index (χ1v) is 5.05. The second-order valence-corrected chi connectivity index (χ2v) is 3.75. The number of nitrogens with zero attached hydrogens (tertiary/aromatic N) is 1. The average molecular weight is 173 g/mol. The maximum atomic E-state index is 4.98. The second kappa shape index (κ2) is 4.46. The van der Waals surface area contributed by atoms with Crippen LogP contribution in [-0.2, 0) is 0 Å². The highest BCUT2D eigenvalue weighted by molar-refractivity contribution is 8.76. The largest absolute Gasteiger partial charge is 0.439 e. The normalized spacial score (nSPS) is 9.60. The zero-order valence-corrected chi connectivity index (χ0v) is 6.95. The molecule has 1 heterocycles. The van der Waals surface area contributed by atoms with E-state index in [1.54, 1.807) is 23.3 Å². The van der Waals surface area contributed by atoms with Gasteiger partial charge in [0.25, 0.3) is 5.22 Å². The summed E-state index contributed by atoms with van der Waals surface area (Å²) in [5.74, 6) is 0.910. The molecule has 10 heavy (non-hydrogen) atoms. The molecule has 0 aliphatic carbocycles. The number of rotatable bonds is 4. The summed E-state index contributed by atoms with van der Waals surface area (Å²) >= 11 is 0. The van der Waals surface area contributed by atoms with Gasteiger partial charge in [0, 0.05) is 16.5 Å². The molecule has 0 amide bonds. The van der Waals surface area contributed by atoms with E-state index >= 15 is 0 Å². The van der Waals surface area contributed by atoms with Crippen molar-refractivity contribution in [2.24, 2.45) is 0 Å². The van der Waals surface area contributed by atoms with Crippen LogP contribution in [0.1, 0.15) is 0 Å². The van der Waals surface area contributed by atoms with E-state index in [0.717, 1.165) is 5.75 Å². The van der Waals surface area contributed by atoms with Gasteiger partial charge in [-0.15, -0.1) is 6.58 Å². The third kappa shape index (κ3) is 2.49. The summed E-state index contributed by atoms with van der Waals surface area (Å²) in [5, 5.41) is 0.701. The van der Waals surface area contributed by atoms with E-state index in [1.807, 2.05) is 6.08 Å². The maximum Gasteiger partial charge on any atom is 0.266 e. The molecule has 54 valence electrons. The number of oxazole rings is 1. The number of hydrogen-bond acceptors (Lipinski definition) is 4. The summed E-state index contributed by atoms with van der Waals surface area (Å²) in [6.07, 6.45) is 5.05. The van der Waals surface area contributed by atoms with Gasteiger partial charge in [-0.05, 0) is 0 Å². The van der Waals surface area contributed by atoms with Crippen molar-refractivity contribution in [3.05, 3.63) is 25.1 Å². The first-order valence-electron chi connectivity index (χ1n) is 2.73. The van der Waals surface area contributed by atoms with Gasteiger partial charge in [-0.2, -0.15) is 0 Å². The Labute approximate surface area is 67.5 Å². The molecule has 0 unspecified atom stereocenters. The van der Waals surface area contributed by atoms with Crippen LogP contribution < -0.4 is 0 Å². The fourth-order valence-electron chi connectivity index (χ4n) is 0.384. The summed E-state index contributed by atoms with van der Waals surface area (Å²) in [6.45, 7) is 3.59. The minimum absolute atomic E-state index is 0.701. The summed E-state index contributed by atoms with van der Waals surface area (Å²) in [4.78, 5) is 3.93. The van der Waals surface area contributed by atoms with E-state index in [-0.39, 0.29) is 0 Å². The third-order valence-corrected chi connectivity index (χ3v) is 2.75. The van der Waals surface area contributed by atoms with Crippen molar-refractivity contribution in [3.63, 3.8) is 0 Å². The van der Waals surface area contributed by atoms with E-state index in [1.165, 1.54) is 10.8 Å². The molecule has 0 aromatic carbocycles. The van der Waals surface area contributed by atoms with Gasteiger partial charge in [0.05, 0.1) is 6.20 Å². The van der Waals surface area contributed by atoms with Crippen molar-refractivity contribution >= 4 is 21.6 Å². The smallest absolute Gasteiger partial charge is 0.266 e. The monoisotopic (exact) mass is 173 g/mol. The molecule has 0 bridgehead atoms. The highest BCUT2D eigenvalue weighted by Crippen LogP contribution is 2.28. The molecule has 1 rings (SSSR count). The molecule has 0 saturated carbocycles. The molecule has 0 spiro atoms. The Balaban J connectivity index is 2.21. The second-order valence-electron chi connectivity index (χ2n) is 1.45. The average Bonchev–Trinajstić information content (AvgIpc) is 2.41. The van der Waals surface area contributed by atoms with Crippen LogP contribution in [-0.4, -0.2) is 10.7 Å². The molecule has 0 N–H and O–H groups in total. The molecule has 0 radical (unpaired) electrons. The van der Waals surface area contributed by atoms with Gasteiger partial charge in [0.2, 0.25) is 0 Å². The van der Waals surface area contributed by atoms with Crippen molar-refractivity contribution in [2.75, 3.05) is 5.75 Å². The third-order valence-electron chi connectivity index (χ3n) is 0.726. The van der Waals surface area contributed by atoms with E-state index in [9.17, 15) is 0 Å². The van der Waals surface area contributed by atoms with E-state index in [4.69, 9.17) is 4.42 Å². The van der Waals surface area contributed by atoms with Crippen LogP contribution in [0.15, 0.2) is 34.8 Å². The van der Waals surface area contributed by atoms with Gasteiger partial charge in [0.15, 0.2) is 0 Å². The Morgan fingerprint density at radius 2 is 2.70 bits per heavy atom. The summed E-state index contributed by atoms with van der Waals surface area (Å²) in [6, 6.07) is 0. The lowest BCUT2D eigenvalue weighted by Gasteiger charge is -1.88. The number of hydrogen-bond donors (Lipinski definition) is 0. The highest BCUT2D eigenvalue weighted by atomic mass is 33.1. The van der Waals surface area contributed by atoms with Gasteiger partial charge in [-0.1, -0.05) is 16.9 Å². The molecule has 0 aliphatic rings. The van der Waals surface area contributed by atoms with E-state index < -0.39 is 0 Å². The minimum Gasteiger partial charge on any atom is -0.439 e. The van der Waals surface area contributed by atoms with Gasteiger partial charge in [0.1, 0.15) is 6.26 Å². The molecule has 0 saturated heterocycles. The minimum atomic E-state index is 0.701. The zero-order chi connectivity index (χ0) is 7.23. The van der Waals surface area contributed by atoms with Crippen LogP contribution in [0.3, 0.4) is 0 Å². The molecular weight excluding hydrogens is 166 g/mol. The van der Waals surface area contributed by atoms with E-state index in [0.29, 0.717) is 5.22 Å². The van der Waals surface area contributed by atoms with Crippen LogP contribution in [0.5, 0.6) is 0 Å². The molecule has 0 atom stereocenters. The predicted octanol–water partition coefficient (Wildman–Crippen LogP) is 2.60. The Morgan fingerprint density at radius 1 is 1.80 bits per heavy atom. The Kier molecular flexibility index (Phi) is 3.46. The van der Waals surface area contributed by atoms with Crippen LogP contribution in [0, 0.1) is 0 Å². The van der Waals surface area contributed by atoms with Gasteiger partial charge >= 0.3 is 0 Å². The highest BCUT2D eigenvalue weighted by Gasteiger charge is 1.95. The van der Waals surface area contributed by atoms with Crippen LogP contribution >= 0.6 is 21.6 Å². The molecule has 0 fully saturated rings. The van der Waals surface area contributed by atoms with Gasteiger partial charge in [-0.3, -0.25) is 0 Å². The van der Waals surface area contributed by atoms with Crippen molar-refractivity contribution in [3.8, 4) is 0 Å². The van der Waals surface area contributed by atoms with Gasteiger partial charge in [-0.25, -0.2) is 4.98 Å². The zero-order valence-electron chi connectivity index (χ0n) is 5.32. The van der Waals surface area contributed by atoms with E-state index in [2.05, 4.69) is 11.6 Å². The quantitative estimate of drug-likeness (QED) is 0.397. The Morgan fingerprint density at radius 3 is 3.30 bits per heavy atom. The standard InChI is InChI=1S/C6H7NOS2/c1-2-5-9-10-6-7-3-4-8-6/h2-4H,1,5H2. The summed E-state index contributed by atoms with van der Waals surface area (Å²) < 4.78 is 4.98. The van der Waals surface area contributed by atoms with Crippen molar-refractivity contribution in [1.82, 2.24) is 4.98 Å². The lowest BCUT2D eigenvalue weighted by molar-refractivity contribution is 0.456. The molecular formula is C6H7NOS2. The Bertz CT molecular complexity index is 186. The SMILES string of the molecule is C=CCSSc1ncco1. The molecule has 2 nitrogen and oxygen atoms in total. The first-order chi connectivity index (χ1) is 4.93. The lowest BCUT2D eigenvalue weighted by Crippen LogP contribution is -1.64. The van der Waals surface area contributed by atoms with Crippen molar-refractivity contribution < 1.29 is 4.42 Å². The molecule has 1 aromatic heterocycles. The van der Waals surface area contributed by atoms with Crippen LogP contribution in [0.4, 0.5) is 0 Å². The fourth-order valence-corrected chi connectivity index (χ4v) is 1.89. The summed E-state index contributed by atoms with van der Waals surface area (Å²) in [5.41, 5.74) is 0. The first kappa shape index (κ1) is 7.75. The fraction of sp³-hybridized carbons (Fsp3) is 0.167. The van der Waals surface area contributed by atoms with Crippen LogP contribution in [0.25, 0.3) is 0 Å². The number of aromatic nitrogens is 1. The predicted molar refractivity (Wildman–Crippen MR) is 45.0 cm³/mol. The van der Waals surface area contributed by atoms with Gasteiger partial charge < -0.3 is 4.42 Å².